The molecule has 2 aromatic heterocycles. The summed E-state index contributed by atoms with van der Waals surface area (Å²) in [5.74, 6) is -1.29. The molecular weight excluding hydrogens is 437 g/mol. The summed E-state index contributed by atoms with van der Waals surface area (Å²) in [5.41, 5.74) is 0.123. The number of aromatic nitrogens is 4. The molecular formula is C25H22FN5O3. The molecule has 0 saturated carbocycles. The molecule has 0 aliphatic carbocycles. The van der Waals surface area contributed by atoms with E-state index in [0.717, 1.165) is 20.5 Å². The van der Waals surface area contributed by atoms with Gasteiger partial charge in [0.15, 0.2) is 0 Å². The lowest BCUT2D eigenvalue weighted by Gasteiger charge is -2.13. The van der Waals surface area contributed by atoms with E-state index in [9.17, 15) is 18.8 Å². The van der Waals surface area contributed by atoms with E-state index in [4.69, 9.17) is 0 Å². The van der Waals surface area contributed by atoms with Crippen LogP contribution in [-0.4, -0.2) is 31.8 Å². The lowest BCUT2D eigenvalue weighted by atomic mass is 10.2. The van der Waals surface area contributed by atoms with Crippen LogP contribution in [0.5, 0.6) is 0 Å². The molecule has 2 aromatic carbocycles. The number of amides is 1. The highest BCUT2D eigenvalue weighted by Crippen LogP contribution is 2.08. The molecule has 0 atom stereocenters. The zero-order chi connectivity index (χ0) is 24.1. The zero-order valence-electron chi connectivity index (χ0n) is 18.4. The highest BCUT2D eigenvalue weighted by molar-refractivity contribution is 5.91. The van der Waals surface area contributed by atoms with Crippen molar-refractivity contribution in [2.24, 2.45) is 0 Å². The minimum atomic E-state index is -0.896. The smallest absolute Gasteiger partial charge is 0.350 e. The quantitative estimate of drug-likeness (QED) is 0.457. The molecule has 2 heterocycles. The number of pyridine rings is 1. The van der Waals surface area contributed by atoms with Crippen LogP contribution in [0.25, 0.3) is 5.69 Å². The molecule has 4 rings (SSSR count). The molecule has 0 aliphatic heterocycles. The fraction of sp³-hybridized carbons (Fsp3) is 0.160. The fourth-order valence-corrected chi connectivity index (χ4v) is 3.38. The molecule has 0 bridgehead atoms. The van der Waals surface area contributed by atoms with E-state index in [-0.39, 0.29) is 18.7 Å². The second-order valence-electron chi connectivity index (χ2n) is 7.69. The van der Waals surface area contributed by atoms with E-state index in [1.165, 1.54) is 18.2 Å². The molecule has 0 aliphatic rings. The third kappa shape index (κ3) is 4.98. The van der Waals surface area contributed by atoms with Crippen LogP contribution in [0.4, 0.5) is 4.39 Å². The first-order valence-electron chi connectivity index (χ1n) is 10.7. The number of carbonyl (C=O) groups is 1. The van der Waals surface area contributed by atoms with Gasteiger partial charge in [-0.1, -0.05) is 42.0 Å². The number of rotatable bonds is 7. The predicted molar refractivity (Wildman–Crippen MR) is 125 cm³/mol. The van der Waals surface area contributed by atoms with Gasteiger partial charge in [0.2, 0.25) is 5.69 Å². The molecule has 4 aromatic rings. The maximum absolute atomic E-state index is 14.3. The van der Waals surface area contributed by atoms with Crippen LogP contribution in [0.1, 0.15) is 27.3 Å². The van der Waals surface area contributed by atoms with E-state index in [1.807, 2.05) is 19.1 Å². The van der Waals surface area contributed by atoms with Crippen molar-refractivity contribution < 1.29 is 9.18 Å². The Kier molecular flexibility index (Phi) is 6.72. The van der Waals surface area contributed by atoms with E-state index >= 15 is 0 Å². The van der Waals surface area contributed by atoms with Gasteiger partial charge in [-0.05, 0) is 37.3 Å². The van der Waals surface area contributed by atoms with Crippen LogP contribution in [-0.2, 0) is 13.0 Å². The second-order valence-corrected chi connectivity index (χ2v) is 7.69. The Hall–Kier alpha value is -4.40. The van der Waals surface area contributed by atoms with Crippen LogP contribution >= 0.6 is 0 Å². The van der Waals surface area contributed by atoms with Gasteiger partial charge in [-0.25, -0.2) is 9.18 Å². The standard InChI is InChI=1S/C25H22FN5O3/c1-17-9-11-20(12-10-17)31-25(34)30(16-18-6-2-3-8-21(18)26)24(33)22(29-31)23(32)28-15-13-19-7-4-5-14-27-19/h2-12,14H,13,15-16H2,1H3,(H,28,32). The van der Waals surface area contributed by atoms with Gasteiger partial charge in [0.25, 0.3) is 11.5 Å². The largest absolute Gasteiger partial charge is 0.352 e. The monoisotopic (exact) mass is 459 g/mol. The summed E-state index contributed by atoms with van der Waals surface area (Å²) >= 11 is 0. The Morgan fingerprint density at radius 2 is 1.74 bits per heavy atom. The summed E-state index contributed by atoms with van der Waals surface area (Å²) in [7, 11) is 0. The molecule has 0 unspecified atom stereocenters. The van der Waals surface area contributed by atoms with Crippen molar-refractivity contribution in [1.82, 2.24) is 24.6 Å². The van der Waals surface area contributed by atoms with Crippen molar-refractivity contribution in [3.05, 3.63) is 122 Å². The molecule has 1 amide bonds. The lowest BCUT2D eigenvalue weighted by Crippen LogP contribution is -2.46. The topological polar surface area (TPSA) is 98.9 Å². The van der Waals surface area contributed by atoms with Gasteiger partial charge < -0.3 is 5.32 Å². The SMILES string of the molecule is Cc1ccc(-n2nc(C(=O)NCCc3ccccn3)c(=O)n(Cc3ccccc3F)c2=O)cc1. The Morgan fingerprint density at radius 1 is 1.00 bits per heavy atom. The van der Waals surface area contributed by atoms with Gasteiger partial charge in [0, 0.05) is 30.4 Å². The molecule has 0 fully saturated rings. The van der Waals surface area contributed by atoms with Crippen molar-refractivity contribution in [2.45, 2.75) is 19.9 Å². The molecule has 8 nitrogen and oxygen atoms in total. The minimum absolute atomic E-state index is 0.143. The average Bonchev–Trinajstić information content (AvgIpc) is 2.84. The lowest BCUT2D eigenvalue weighted by molar-refractivity contribution is 0.0944. The van der Waals surface area contributed by atoms with Crippen LogP contribution in [0.3, 0.4) is 0 Å². The number of hydrogen-bond donors (Lipinski definition) is 1. The maximum atomic E-state index is 14.3. The molecule has 1 N–H and O–H groups in total. The van der Waals surface area contributed by atoms with Crippen LogP contribution in [0, 0.1) is 12.7 Å². The number of benzene rings is 2. The van der Waals surface area contributed by atoms with E-state index in [1.54, 1.807) is 42.6 Å². The van der Waals surface area contributed by atoms with Gasteiger partial charge in [-0.15, -0.1) is 0 Å². The molecule has 34 heavy (non-hydrogen) atoms. The van der Waals surface area contributed by atoms with Crippen LogP contribution < -0.4 is 16.6 Å². The molecule has 172 valence electrons. The van der Waals surface area contributed by atoms with Crippen LogP contribution in [0.2, 0.25) is 0 Å². The van der Waals surface area contributed by atoms with Gasteiger partial charge in [-0.2, -0.15) is 9.78 Å². The Bertz CT molecular complexity index is 1430. The number of nitrogens with zero attached hydrogens (tertiary/aromatic N) is 4. The van der Waals surface area contributed by atoms with E-state index in [2.05, 4.69) is 15.4 Å². The van der Waals surface area contributed by atoms with Crippen molar-refractivity contribution in [2.75, 3.05) is 6.54 Å². The second kappa shape index (κ2) is 10.0. The average molecular weight is 459 g/mol. The highest BCUT2D eigenvalue weighted by atomic mass is 19.1. The van der Waals surface area contributed by atoms with Gasteiger partial charge in [0.1, 0.15) is 5.82 Å². The summed E-state index contributed by atoms with van der Waals surface area (Å²) in [5, 5.41) is 6.73. The fourth-order valence-electron chi connectivity index (χ4n) is 3.38. The molecule has 0 saturated heterocycles. The van der Waals surface area contributed by atoms with Gasteiger partial charge >= 0.3 is 5.69 Å². The summed E-state index contributed by atoms with van der Waals surface area (Å²) < 4.78 is 16.1. The number of carbonyl (C=O) groups excluding carboxylic acids is 1. The predicted octanol–water partition coefficient (Wildman–Crippen LogP) is 2.26. The first kappa shape index (κ1) is 22.8. The molecule has 0 spiro atoms. The summed E-state index contributed by atoms with van der Waals surface area (Å²) in [4.78, 5) is 43.3. The van der Waals surface area contributed by atoms with Crippen LogP contribution in [0.15, 0.2) is 82.5 Å². The third-order valence-corrected chi connectivity index (χ3v) is 5.23. The Morgan fingerprint density at radius 3 is 2.44 bits per heavy atom. The van der Waals surface area contributed by atoms with E-state index in [0.29, 0.717) is 12.1 Å². The van der Waals surface area contributed by atoms with Gasteiger partial charge in [-0.3, -0.25) is 19.1 Å². The van der Waals surface area contributed by atoms with Gasteiger partial charge in [0.05, 0.1) is 12.2 Å². The number of halogens is 1. The third-order valence-electron chi connectivity index (χ3n) is 5.23. The number of hydrogen-bond acceptors (Lipinski definition) is 5. The summed E-state index contributed by atoms with van der Waals surface area (Å²) in [6, 6.07) is 18.2. The zero-order valence-corrected chi connectivity index (χ0v) is 18.4. The summed E-state index contributed by atoms with van der Waals surface area (Å²) in [6.45, 7) is 1.76. The molecule has 0 radical (unpaired) electrons. The first-order valence-corrected chi connectivity index (χ1v) is 10.7. The maximum Gasteiger partial charge on any atom is 0.352 e. The normalized spacial score (nSPS) is 10.8. The van der Waals surface area contributed by atoms with Crippen molar-refractivity contribution in [3.8, 4) is 5.69 Å². The van der Waals surface area contributed by atoms with Crippen molar-refractivity contribution in [1.29, 1.82) is 0 Å². The van der Waals surface area contributed by atoms with Crippen molar-refractivity contribution >= 4 is 5.91 Å². The van der Waals surface area contributed by atoms with E-state index < -0.39 is 28.7 Å². The highest BCUT2D eigenvalue weighted by Gasteiger charge is 2.21. The Labute approximate surface area is 194 Å². The molecule has 9 heteroatoms. The Balaban J connectivity index is 1.72. The number of aryl methyl sites for hydroxylation is 1. The number of nitrogens with one attached hydrogen (secondary N) is 1. The van der Waals surface area contributed by atoms with Crippen molar-refractivity contribution in [3.63, 3.8) is 0 Å². The minimum Gasteiger partial charge on any atom is -0.350 e. The summed E-state index contributed by atoms with van der Waals surface area (Å²) in [6.07, 6.45) is 2.10. The first-order chi connectivity index (χ1) is 16.4.